The first kappa shape index (κ1) is 19.9. The monoisotopic (exact) mass is 405 g/mol. The molecule has 3 rings (SSSR count). The van der Waals surface area contributed by atoms with Gasteiger partial charge in [0, 0.05) is 10.5 Å². The van der Waals surface area contributed by atoms with Crippen molar-refractivity contribution in [1.82, 2.24) is 0 Å². The molecule has 0 bridgehead atoms. The lowest BCUT2D eigenvalue weighted by atomic mass is 9.94. The van der Waals surface area contributed by atoms with Gasteiger partial charge in [-0.25, -0.2) is 4.79 Å². The highest BCUT2D eigenvalue weighted by molar-refractivity contribution is 7.99. The van der Waals surface area contributed by atoms with Gasteiger partial charge in [0.2, 0.25) is 0 Å². The number of carbonyl (C=O) groups is 1. The van der Waals surface area contributed by atoms with Crippen LogP contribution in [0.15, 0.2) is 41.3 Å². The molecule has 2 aromatic rings. The molecule has 0 saturated carbocycles. The molecule has 6 heteroatoms. The van der Waals surface area contributed by atoms with Crippen molar-refractivity contribution < 1.29 is 14.3 Å². The summed E-state index contributed by atoms with van der Waals surface area (Å²) in [5.74, 6) is 1.67. The number of ether oxygens (including phenoxy) is 2. The Morgan fingerprint density at radius 1 is 1.19 bits per heavy atom. The van der Waals surface area contributed by atoms with Crippen LogP contribution in [-0.4, -0.2) is 18.5 Å². The third kappa shape index (κ3) is 5.11. The molecule has 1 aliphatic heterocycles. The zero-order chi connectivity index (χ0) is 19.4. The number of aryl methyl sites for hydroxylation is 1. The maximum absolute atomic E-state index is 11.6. The fourth-order valence-electron chi connectivity index (χ4n) is 2.90. The van der Waals surface area contributed by atoms with E-state index in [9.17, 15) is 4.79 Å². The van der Waals surface area contributed by atoms with Crippen molar-refractivity contribution in [2.45, 2.75) is 44.1 Å². The van der Waals surface area contributed by atoms with Gasteiger partial charge in [0.25, 0.3) is 0 Å². The summed E-state index contributed by atoms with van der Waals surface area (Å²) < 4.78 is 11.2. The molecule has 1 N–H and O–H groups in total. The summed E-state index contributed by atoms with van der Waals surface area (Å²) >= 11 is 8.17. The second-order valence-corrected chi connectivity index (χ2v) is 8.65. The van der Waals surface area contributed by atoms with Crippen molar-refractivity contribution in [3.05, 3.63) is 52.5 Å². The first-order valence-corrected chi connectivity index (χ1v) is 10.4. The highest BCUT2D eigenvalue weighted by Crippen LogP contribution is 2.41. The van der Waals surface area contributed by atoms with Crippen molar-refractivity contribution in [1.29, 1.82) is 0 Å². The second-order valence-electron chi connectivity index (χ2n) is 7.07. The number of benzene rings is 2. The van der Waals surface area contributed by atoms with E-state index in [4.69, 9.17) is 21.1 Å². The molecule has 1 heterocycles. The van der Waals surface area contributed by atoms with Gasteiger partial charge < -0.3 is 9.47 Å². The molecule has 0 atom stereocenters. The Morgan fingerprint density at radius 3 is 2.67 bits per heavy atom. The quantitative estimate of drug-likeness (QED) is 0.427. The molecule has 2 aromatic carbocycles. The molecular formula is C21H24ClNO3S. The number of cyclic esters (lactones) is 1. The summed E-state index contributed by atoms with van der Waals surface area (Å²) in [6.45, 7) is 6.40. The predicted molar refractivity (Wildman–Crippen MR) is 111 cm³/mol. The SMILES string of the molecule is Cc1ccc(SCCCCOc2cc3c(cc2Cl)NC(=O)OC3(C)C)cc1. The Bertz CT molecular complexity index is 821. The van der Waals surface area contributed by atoms with Crippen LogP contribution < -0.4 is 10.1 Å². The zero-order valence-corrected chi connectivity index (χ0v) is 17.4. The number of fused-ring (bicyclic) bond motifs is 1. The smallest absolute Gasteiger partial charge is 0.412 e. The number of hydrogen-bond acceptors (Lipinski definition) is 4. The first-order valence-electron chi connectivity index (χ1n) is 9.01. The standard InChI is InChI=1S/C21H24ClNO3S/c1-14-6-8-15(9-7-14)27-11-5-4-10-25-19-12-16-18(13-17(19)22)23-20(24)26-21(16,2)3/h6-9,12-13H,4-5,10-11H2,1-3H3,(H,23,24). The number of halogens is 1. The second kappa shape index (κ2) is 8.44. The largest absolute Gasteiger partial charge is 0.492 e. The van der Waals surface area contributed by atoms with Crippen LogP contribution >= 0.6 is 23.4 Å². The van der Waals surface area contributed by atoms with Crippen LogP contribution in [0.2, 0.25) is 5.02 Å². The predicted octanol–water partition coefficient (Wildman–Crippen LogP) is 6.40. The number of amides is 1. The summed E-state index contributed by atoms with van der Waals surface area (Å²) in [6.07, 6.45) is 1.54. The molecule has 0 aliphatic carbocycles. The maximum Gasteiger partial charge on any atom is 0.412 e. The normalized spacial score (nSPS) is 14.9. The summed E-state index contributed by atoms with van der Waals surface area (Å²) in [4.78, 5) is 12.9. The molecular weight excluding hydrogens is 382 g/mol. The highest BCUT2D eigenvalue weighted by atomic mass is 35.5. The van der Waals surface area contributed by atoms with E-state index in [2.05, 4.69) is 36.5 Å². The van der Waals surface area contributed by atoms with Crippen molar-refractivity contribution in [3.63, 3.8) is 0 Å². The molecule has 144 valence electrons. The Morgan fingerprint density at radius 2 is 1.93 bits per heavy atom. The van der Waals surface area contributed by atoms with Crippen LogP contribution in [0, 0.1) is 6.92 Å². The van der Waals surface area contributed by atoms with Crippen LogP contribution in [-0.2, 0) is 10.3 Å². The molecule has 0 aromatic heterocycles. The van der Waals surface area contributed by atoms with Crippen molar-refractivity contribution in [2.75, 3.05) is 17.7 Å². The fourth-order valence-corrected chi connectivity index (χ4v) is 4.03. The van der Waals surface area contributed by atoms with Gasteiger partial charge in [-0.15, -0.1) is 11.8 Å². The number of unbranched alkanes of at least 4 members (excludes halogenated alkanes) is 1. The summed E-state index contributed by atoms with van der Waals surface area (Å²) in [6, 6.07) is 12.2. The minimum Gasteiger partial charge on any atom is -0.492 e. The molecule has 0 spiro atoms. The molecule has 0 fully saturated rings. The van der Waals surface area contributed by atoms with Crippen molar-refractivity contribution >= 4 is 35.1 Å². The van der Waals surface area contributed by atoms with Crippen LogP contribution in [0.5, 0.6) is 5.75 Å². The Kier molecular flexibility index (Phi) is 6.22. The van der Waals surface area contributed by atoms with E-state index in [1.807, 2.05) is 31.7 Å². The third-order valence-electron chi connectivity index (χ3n) is 4.39. The lowest BCUT2D eigenvalue weighted by Gasteiger charge is -2.33. The van der Waals surface area contributed by atoms with Crippen LogP contribution in [0.1, 0.15) is 37.8 Å². The molecule has 1 aliphatic rings. The van der Waals surface area contributed by atoms with E-state index in [0.717, 1.165) is 24.2 Å². The van der Waals surface area contributed by atoms with E-state index in [1.165, 1.54) is 10.5 Å². The number of nitrogens with one attached hydrogen (secondary N) is 1. The Labute approximate surface area is 169 Å². The number of anilines is 1. The van der Waals surface area contributed by atoms with E-state index < -0.39 is 11.7 Å². The topological polar surface area (TPSA) is 47.6 Å². The van der Waals surface area contributed by atoms with Gasteiger partial charge in [0.15, 0.2) is 0 Å². The van der Waals surface area contributed by atoms with Gasteiger partial charge in [-0.2, -0.15) is 0 Å². The number of carbonyl (C=O) groups excluding carboxylic acids is 1. The third-order valence-corrected chi connectivity index (χ3v) is 5.78. The maximum atomic E-state index is 11.6. The van der Waals surface area contributed by atoms with E-state index >= 15 is 0 Å². The van der Waals surface area contributed by atoms with E-state index in [-0.39, 0.29) is 0 Å². The van der Waals surface area contributed by atoms with Gasteiger partial charge in [0.05, 0.1) is 17.3 Å². The van der Waals surface area contributed by atoms with Crippen molar-refractivity contribution in [3.8, 4) is 5.75 Å². The molecule has 27 heavy (non-hydrogen) atoms. The van der Waals surface area contributed by atoms with Crippen molar-refractivity contribution in [2.24, 2.45) is 0 Å². The highest BCUT2D eigenvalue weighted by Gasteiger charge is 2.34. The molecule has 1 amide bonds. The van der Waals surface area contributed by atoms with E-state index in [1.54, 1.807) is 6.07 Å². The molecule has 4 nitrogen and oxygen atoms in total. The average molecular weight is 406 g/mol. The number of rotatable bonds is 7. The minimum absolute atomic E-state index is 0.469. The number of thioether (sulfide) groups is 1. The molecule has 0 saturated heterocycles. The summed E-state index contributed by atoms with van der Waals surface area (Å²) in [5, 5.41) is 3.17. The summed E-state index contributed by atoms with van der Waals surface area (Å²) in [7, 11) is 0. The lowest BCUT2D eigenvalue weighted by Crippen LogP contribution is -2.34. The van der Waals surface area contributed by atoms with Gasteiger partial charge in [0.1, 0.15) is 11.4 Å². The Balaban J connectivity index is 1.50. The average Bonchev–Trinajstić information content (AvgIpc) is 2.59. The number of hydrogen-bond donors (Lipinski definition) is 1. The minimum atomic E-state index is -0.717. The zero-order valence-electron chi connectivity index (χ0n) is 15.8. The van der Waals surface area contributed by atoms with E-state index in [0.29, 0.717) is 23.1 Å². The van der Waals surface area contributed by atoms with Gasteiger partial charge >= 0.3 is 6.09 Å². The van der Waals surface area contributed by atoms with Crippen LogP contribution in [0.3, 0.4) is 0 Å². The van der Waals surface area contributed by atoms with Gasteiger partial charge in [-0.3, -0.25) is 5.32 Å². The van der Waals surface area contributed by atoms with Crippen LogP contribution in [0.4, 0.5) is 10.5 Å². The first-order chi connectivity index (χ1) is 12.8. The lowest BCUT2D eigenvalue weighted by molar-refractivity contribution is 0.0418. The summed E-state index contributed by atoms with van der Waals surface area (Å²) in [5.41, 5.74) is 2.09. The van der Waals surface area contributed by atoms with Crippen LogP contribution in [0.25, 0.3) is 0 Å². The molecule has 0 unspecified atom stereocenters. The molecule has 0 radical (unpaired) electrons. The van der Waals surface area contributed by atoms with Gasteiger partial charge in [-0.1, -0.05) is 29.3 Å². The fraction of sp³-hybridized carbons (Fsp3) is 0.381. The van der Waals surface area contributed by atoms with Gasteiger partial charge in [-0.05, 0) is 63.6 Å². The Hall–Kier alpha value is -1.85.